The Balaban J connectivity index is 2.08. The molecule has 0 N–H and O–H groups in total. The van der Waals surface area contributed by atoms with Gasteiger partial charge >= 0.3 is 0 Å². The van der Waals surface area contributed by atoms with Crippen LogP contribution < -0.4 is 4.74 Å². The van der Waals surface area contributed by atoms with Crippen molar-refractivity contribution in [2.75, 3.05) is 6.61 Å². The van der Waals surface area contributed by atoms with Gasteiger partial charge in [0, 0.05) is 17.5 Å². The summed E-state index contributed by atoms with van der Waals surface area (Å²) in [6.45, 7) is 4.81. The third-order valence-corrected chi connectivity index (χ3v) is 3.17. The average molecular weight is 271 g/mol. The molecule has 82 valence electrons. The Bertz CT molecular complexity index is 351. The highest BCUT2D eigenvalue weighted by Gasteiger charge is 2.27. The maximum Gasteiger partial charge on any atom is 0.129 e. The number of fused-ring (bicyclic) bond motifs is 1. The number of benzene rings is 1. The number of hydrogen-bond donors (Lipinski definition) is 0. The summed E-state index contributed by atoms with van der Waals surface area (Å²) in [5.74, 6) is 0.995. The van der Waals surface area contributed by atoms with Crippen LogP contribution in [0, 0.1) is 0 Å². The Morgan fingerprint density at radius 2 is 2.40 bits per heavy atom. The van der Waals surface area contributed by atoms with E-state index >= 15 is 0 Å². The minimum Gasteiger partial charge on any atom is -0.487 e. The van der Waals surface area contributed by atoms with Crippen molar-refractivity contribution in [3.8, 4) is 5.75 Å². The molecule has 0 bridgehead atoms. The Labute approximate surface area is 98.7 Å². The molecule has 0 saturated carbocycles. The van der Waals surface area contributed by atoms with Crippen LogP contribution in [0.25, 0.3) is 0 Å². The Hall–Kier alpha value is -0.540. The van der Waals surface area contributed by atoms with Crippen molar-refractivity contribution in [2.24, 2.45) is 0 Å². The quantitative estimate of drug-likeness (QED) is 0.840. The zero-order valence-corrected chi connectivity index (χ0v) is 10.6. The lowest BCUT2D eigenvalue weighted by atomic mass is 10.1. The molecule has 0 saturated heterocycles. The van der Waals surface area contributed by atoms with Gasteiger partial charge in [0.25, 0.3) is 0 Å². The maximum atomic E-state index is 5.83. The monoisotopic (exact) mass is 270 g/mol. The van der Waals surface area contributed by atoms with Crippen LogP contribution in [0.4, 0.5) is 0 Å². The summed E-state index contributed by atoms with van der Waals surface area (Å²) >= 11 is 3.47. The standard InChI is InChI=1S/C12H15BrO2/c1-3-14-8(2)12-7-9-6-10(13)4-5-11(9)15-12/h4-6,8,12H,3,7H2,1-2H3. The van der Waals surface area contributed by atoms with E-state index in [9.17, 15) is 0 Å². The van der Waals surface area contributed by atoms with Gasteiger partial charge in [-0.1, -0.05) is 15.9 Å². The summed E-state index contributed by atoms with van der Waals surface area (Å²) in [6, 6.07) is 6.14. The van der Waals surface area contributed by atoms with Crippen molar-refractivity contribution in [3.63, 3.8) is 0 Å². The van der Waals surface area contributed by atoms with E-state index in [-0.39, 0.29) is 12.2 Å². The first-order valence-electron chi connectivity index (χ1n) is 5.27. The van der Waals surface area contributed by atoms with Gasteiger partial charge in [-0.05, 0) is 37.6 Å². The van der Waals surface area contributed by atoms with Gasteiger partial charge in [-0.3, -0.25) is 0 Å². The molecule has 2 atom stereocenters. The number of halogens is 1. The minimum atomic E-state index is 0.154. The fourth-order valence-corrected chi connectivity index (χ4v) is 2.28. The molecular formula is C12H15BrO2. The molecular weight excluding hydrogens is 256 g/mol. The smallest absolute Gasteiger partial charge is 0.129 e. The van der Waals surface area contributed by atoms with Crippen LogP contribution in [-0.4, -0.2) is 18.8 Å². The van der Waals surface area contributed by atoms with Gasteiger partial charge in [-0.25, -0.2) is 0 Å². The summed E-state index contributed by atoms with van der Waals surface area (Å²) < 4.78 is 12.5. The third kappa shape index (κ3) is 2.34. The van der Waals surface area contributed by atoms with E-state index in [1.165, 1.54) is 5.56 Å². The van der Waals surface area contributed by atoms with E-state index in [0.717, 1.165) is 23.2 Å². The second-order valence-electron chi connectivity index (χ2n) is 3.77. The molecule has 0 radical (unpaired) electrons. The van der Waals surface area contributed by atoms with Gasteiger partial charge in [-0.15, -0.1) is 0 Å². The highest BCUT2D eigenvalue weighted by molar-refractivity contribution is 9.10. The van der Waals surface area contributed by atoms with Crippen LogP contribution in [0.1, 0.15) is 19.4 Å². The largest absolute Gasteiger partial charge is 0.487 e. The van der Waals surface area contributed by atoms with Crippen molar-refractivity contribution < 1.29 is 9.47 Å². The van der Waals surface area contributed by atoms with Crippen molar-refractivity contribution in [2.45, 2.75) is 32.5 Å². The van der Waals surface area contributed by atoms with Crippen molar-refractivity contribution in [1.82, 2.24) is 0 Å². The third-order valence-electron chi connectivity index (χ3n) is 2.68. The summed E-state index contributed by atoms with van der Waals surface area (Å²) in [7, 11) is 0. The lowest BCUT2D eigenvalue weighted by molar-refractivity contribution is 0.0000559. The van der Waals surface area contributed by atoms with Crippen LogP contribution in [-0.2, 0) is 11.2 Å². The van der Waals surface area contributed by atoms with Crippen LogP contribution >= 0.6 is 15.9 Å². The molecule has 1 aliphatic rings. The van der Waals surface area contributed by atoms with Gasteiger partial charge in [0.05, 0.1) is 6.10 Å². The first-order valence-corrected chi connectivity index (χ1v) is 6.06. The number of hydrogen-bond acceptors (Lipinski definition) is 2. The van der Waals surface area contributed by atoms with Gasteiger partial charge < -0.3 is 9.47 Å². The molecule has 3 heteroatoms. The molecule has 1 aliphatic heterocycles. The van der Waals surface area contributed by atoms with E-state index in [1.807, 2.05) is 19.1 Å². The molecule has 0 aromatic heterocycles. The second-order valence-corrected chi connectivity index (χ2v) is 4.69. The van der Waals surface area contributed by atoms with Gasteiger partial charge in [0.15, 0.2) is 0 Å². The molecule has 2 nitrogen and oxygen atoms in total. The molecule has 2 rings (SSSR count). The van der Waals surface area contributed by atoms with Crippen molar-refractivity contribution in [3.05, 3.63) is 28.2 Å². The first kappa shape index (κ1) is 11.0. The van der Waals surface area contributed by atoms with E-state index in [4.69, 9.17) is 9.47 Å². The summed E-state index contributed by atoms with van der Waals surface area (Å²) in [4.78, 5) is 0. The number of ether oxygens (including phenoxy) is 2. The zero-order chi connectivity index (χ0) is 10.8. The van der Waals surface area contributed by atoms with E-state index in [2.05, 4.69) is 28.9 Å². The van der Waals surface area contributed by atoms with Crippen LogP contribution in [0.15, 0.2) is 22.7 Å². The fourth-order valence-electron chi connectivity index (χ4n) is 1.88. The van der Waals surface area contributed by atoms with E-state index < -0.39 is 0 Å². The Morgan fingerprint density at radius 3 is 3.13 bits per heavy atom. The van der Waals surface area contributed by atoms with Gasteiger partial charge in [0.1, 0.15) is 11.9 Å². The molecule has 1 aromatic rings. The predicted octanol–water partition coefficient (Wildman–Crippen LogP) is 3.18. The van der Waals surface area contributed by atoms with Crippen molar-refractivity contribution in [1.29, 1.82) is 0 Å². The summed E-state index contributed by atoms with van der Waals surface area (Å²) in [6.07, 6.45) is 1.26. The van der Waals surface area contributed by atoms with Crippen molar-refractivity contribution >= 4 is 15.9 Å². The Morgan fingerprint density at radius 1 is 1.60 bits per heavy atom. The van der Waals surface area contributed by atoms with E-state index in [0.29, 0.717) is 0 Å². The Kier molecular flexibility index (Phi) is 3.32. The summed E-state index contributed by atoms with van der Waals surface area (Å²) in [5.41, 5.74) is 1.26. The highest BCUT2D eigenvalue weighted by atomic mass is 79.9. The second kappa shape index (κ2) is 4.54. The maximum absolute atomic E-state index is 5.83. The highest BCUT2D eigenvalue weighted by Crippen LogP contribution is 2.32. The van der Waals surface area contributed by atoms with Crippen LogP contribution in [0.3, 0.4) is 0 Å². The fraction of sp³-hybridized carbons (Fsp3) is 0.500. The normalized spacial score (nSPS) is 20.9. The molecule has 15 heavy (non-hydrogen) atoms. The zero-order valence-electron chi connectivity index (χ0n) is 9.00. The predicted molar refractivity (Wildman–Crippen MR) is 63.4 cm³/mol. The van der Waals surface area contributed by atoms with Gasteiger partial charge in [0.2, 0.25) is 0 Å². The topological polar surface area (TPSA) is 18.5 Å². The lowest BCUT2D eigenvalue weighted by Gasteiger charge is -2.18. The average Bonchev–Trinajstić information content (AvgIpc) is 2.60. The lowest BCUT2D eigenvalue weighted by Crippen LogP contribution is -2.30. The first-order chi connectivity index (χ1) is 7.20. The molecule has 0 spiro atoms. The molecule has 1 aromatic carbocycles. The van der Waals surface area contributed by atoms with Gasteiger partial charge in [-0.2, -0.15) is 0 Å². The number of rotatable bonds is 3. The molecule has 2 unspecified atom stereocenters. The summed E-state index contributed by atoms with van der Waals surface area (Å²) in [5, 5.41) is 0. The molecule has 0 aliphatic carbocycles. The van der Waals surface area contributed by atoms with Crippen LogP contribution in [0.2, 0.25) is 0 Å². The van der Waals surface area contributed by atoms with Crippen LogP contribution in [0.5, 0.6) is 5.75 Å². The molecule has 0 fully saturated rings. The van der Waals surface area contributed by atoms with E-state index in [1.54, 1.807) is 0 Å². The molecule has 0 amide bonds. The minimum absolute atomic E-state index is 0.154. The SMILES string of the molecule is CCOC(C)C1Cc2cc(Br)ccc2O1. The molecule has 1 heterocycles.